The highest BCUT2D eigenvalue weighted by Gasteiger charge is 2.14. The van der Waals surface area contributed by atoms with Gasteiger partial charge in [0.05, 0.1) is 7.11 Å². The molecule has 0 aromatic rings. The normalized spacial score (nSPS) is 15.9. The van der Waals surface area contributed by atoms with E-state index in [1.165, 1.54) is 20.0 Å². The number of piperidine rings is 1. The van der Waals surface area contributed by atoms with E-state index < -0.39 is 5.97 Å². The minimum atomic E-state index is -0.833. The average Bonchev–Trinajstić information content (AvgIpc) is 2.26. The van der Waals surface area contributed by atoms with Crippen molar-refractivity contribution in [2.24, 2.45) is 5.92 Å². The molecular weight excluding hydrogens is 210 g/mol. The zero-order valence-electron chi connectivity index (χ0n) is 9.99. The monoisotopic (exact) mass is 231 g/mol. The second-order valence-corrected chi connectivity index (χ2v) is 3.83. The van der Waals surface area contributed by atoms with E-state index in [4.69, 9.17) is 9.90 Å². The number of ether oxygens (including phenoxy) is 1. The second kappa shape index (κ2) is 9.15. The van der Waals surface area contributed by atoms with Gasteiger partial charge in [-0.05, 0) is 38.3 Å². The van der Waals surface area contributed by atoms with E-state index in [0.29, 0.717) is 6.42 Å². The van der Waals surface area contributed by atoms with Crippen LogP contribution in [0.4, 0.5) is 0 Å². The number of carboxylic acids is 1. The summed E-state index contributed by atoms with van der Waals surface area (Å²) in [6.45, 7) is 3.29. The van der Waals surface area contributed by atoms with Crippen molar-refractivity contribution in [1.29, 1.82) is 0 Å². The second-order valence-electron chi connectivity index (χ2n) is 3.83. The summed E-state index contributed by atoms with van der Waals surface area (Å²) in [4.78, 5) is 19.8. The number of hydrogen-bond acceptors (Lipinski definition) is 4. The third-order valence-corrected chi connectivity index (χ3v) is 2.44. The molecule has 1 heterocycles. The van der Waals surface area contributed by atoms with Crippen molar-refractivity contribution >= 4 is 11.9 Å². The first-order valence-corrected chi connectivity index (χ1v) is 5.53. The largest absolute Gasteiger partial charge is 0.481 e. The van der Waals surface area contributed by atoms with E-state index in [-0.39, 0.29) is 5.97 Å². The van der Waals surface area contributed by atoms with Crippen molar-refractivity contribution in [2.45, 2.75) is 32.6 Å². The summed E-state index contributed by atoms with van der Waals surface area (Å²) in [5.41, 5.74) is 0. The minimum absolute atomic E-state index is 0.0754. The molecule has 1 fully saturated rings. The van der Waals surface area contributed by atoms with Crippen LogP contribution in [-0.2, 0) is 14.3 Å². The van der Waals surface area contributed by atoms with E-state index in [1.807, 2.05) is 0 Å². The average molecular weight is 231 g/mol. The first kappa shape index (κ1) is 14.9. The van der Waals surface area contributed by atoms with Gasteiger partial charge in [0.25, 0.3) is 5.97 Å². The fourth-order valence-electron chi connectivity index (χ4n) is 1.59. The predicted octanol–water partition coefficient (Wildman–Crippen LogP) is 1.03. The summed E-state index contributed by atoms with van der Waals surface area (Å²) >= 11 is 0. The van der Waals surface area contributed by atoms with Gasteiger partial charge in [0, 0.05) is 13.3 Å². The maximum atomic E-state index is 10.8. The van der Waals surface area contributed by atoms with Crippen LogP contribution in [0, 0.1) is 5.92 Å². The number of carboxylic acid groups (broad SMARTS) is 1. The Kier molecular flexibility index (Phi) is 8.52. The molecular formula is C11H21NO4. The summed E-state index contributed by atoms with van der Waals surface area (Å²) in [6, 6.07) is 0. The Bertz CT molecular complexity index is 208. The molecule has 0 radical (unpaired) electrons. The maximum absolute atomic E-state index is 10.8. The van der Waals surface area contributed by atoms with Crippen LogP contribution in [0.2, 0.25) is 0 Å². The van der Waals surface area contributed by atoms with Crippen LogP contribution in [-0.4, -0.2) is 37.2 Å². The lowest BCUT2D eigenvalue weighted by Gasteiger charge is -2.21. The van der Waals surface area contributed by atoms with Crippen LogP contribution < -0.4 is 5.32 Å². The SMILES string of the molecule is CC(=O)O.COC(=O)CCC1CCNCC1. The standard InChI is InChI=1S/C9H17NO2.C2H4O2/c1-12-9(11)3-2-8-4-6-10-7-5-8;1-2(3)4/h8,10H,2-7H2,1H3;1H3,(H,3,4). The van der Waals surface area contributed by atoms with Gasteiger partial charge >= 0.3 is 5.97 Å². The quantitative estimate of drug-likeness (QED) is 0.709. The molecule has 1 rings (SSSR count). The van der Waals surface area contributed by atoms with E-state index in [9.17, 15) is 4.79 Å². The number of carbonyl (C=O) groups excluding carboxylic acids is 1. The molecule has 0 aromatic carbocycles. The zero-order valence-corrected chi connectivity index (χ0v) is 9.99. The van der Waals surface area contributed by atoms with Crippen LogP contribution in [0.15, 0.2) is 0 Å². The summed E-state index contributed by atoms with van der Waals surface area (Å²) in [7, 11) is 1.45. The van der Waals surface area contributed by atoms with Crippen LogP contribution in [0.1, 0.15) is 32.6 Å². The van der Waals surface area contributed by atoms with Crippen molar-refractivity contribution in [3.8, 4) is 0 Å². The molecule has 0 spiro atoms. The van der Waals surface area contributed by atoms with E-state index in [2.05, 4.69) is 10.1 Å². The molecule has 0 amide bonds. The van der Waals surface area contributed by atoms with Crippen LogP contribution in [0.25, 0.3) is 0 Å². The van der Waals surface area contributed by atoms with Gasteiger partial charge in [0.15, 0.2) is 0 Å². The molecule has 16 heavy (non-hydrogen) atoms. The van der Waals surface area contributed by atoms with Crippen molar-refractivity contribution in [3.63, 3.8) is 0 Å². The molecule has 5 nitrogen and oxygen atoms in total. The summed E-state index contributed by atoms with van der Waals surface area (Å²) in [6.07, 6.45) is 3.99. The van der Waals surface area contributed by atoms with E-state index >= 15 is 0 Å². The highest BCUT2D eigenvalue weighted by atomic mass is 16.5. The van der Waals surface area contributed by atoms with Crippen molar-refractivity contribution in [2.75, 3.05) is 20.2 Å². The Balaban J connectivity index is 0.000000487. The lowest BCUT2D eigenvalue weighted by atomic mass is 9.93. The topological polar surface area (TPSA) is 75.6 Å². The Hall–Kier alpha value is -1.10. The van der Waals surface area contributed by atoms with E-state index in [1.54, 1.807) is 0 Å². The Labute approximate surface area is 96.2 Å². The molecule has 5 heteroatoms. The third-order valence-electron chi connectivity index (χ3n) is 2.44. The van der Waals surface area contributed by atoms with Gasteiger partial charge in [-0.25, -0.2) is 0 Å². The molecule has 0 aromatic heterocycles. The number of esters is 1. The molecule has 0 bridgehead atoms. The van der Waals surface area contributed by atoms with Crippen molar-refractivity contribution in [1.82, 2.24) is 5.32 Å². The fraction of sp³-hybridized carbons (Fsp3) is 0.818. The lowest BCUT2D eigenvalue weighted by molar-refractivity contribution is -0.141. The zero-order chi connectivity index (χ0) is 12.4. The van der Waals surface area contributed by atoms with Gasteiger partial charge in [-0.3, -0.25) is 9.59 Å². The number of carbonyl (C=O) groups is 2. The molecule has 1 saturated heterocycles. The van der Waals surface area contributed by atoms with Gasteiger partial charge < -0.3 is 15.2 Å². The molecule has 1 aliphatic rings. The molecule has 0 atom stereocenters. The van der Waals surface area contributed by atoms with Crippen LogP contribution >= 0.6 is 0 Å². The number of nitrogens with one attached hydrogen (secondary N) is 1. The summed E-state index contributed by atoms with van der Waals surface area (Å²) in [5.74, 6) is -0.182. The van der Waals surface area contributed by atoms with Gasteiger partial charge in [0.1, 0.15) is 0 Å². The summed E-state index contributed by atoms with van der Waals surface area (Å²) < 4.78 is 4.59. The number of rotatable bonds is 3. The van der Waals surface area contributed by atoms with Gasteiger partial charge in [-0.15, -0.1) is 0 Å². The third kappa shape index (κ3) is 9.45. The van der Waals surface area contributed by atoms with Crippen LogP contribution in [0.5, 0.6) is 0 Å². The maximum Gasteiger partial charge on any atom is 0.305 e. The molecule has 1 aliphatic heterocycles. The first-order valence-electron chi connectivity index (χ1n) is 5.53. The lowest BCUT2D eigenvalue weighted by Crippen LogP contribution is -2.28. The minimum Gasteiger partial charge on any atom is -0.481 e. The fourth-order valence-corrected chi connectivity index (χ4v) is 1.59. The highest BCUT2D eigenvalue weighted by molar-refractivity contribution is 5.69. The highest BCUT2D eigenvalue weighted by Crippen LogP contribution is 2.17. The van der Waals surface area contributed by atoms with E-state index in [0.717, 1.165) is 32.4 Å². The molecule has 0 aliphatic carbocycles. The Morgan fingerprint density at radius 2 is 1.88 bits per heavy atom. The van der Waals surface area contributed by atoms with Crippen LogP contribution in [0.3, 0.4) is 0 Å². The predicted molar refractivity (Wildman–Crippen MR) is 60.2 cm³/mol. The van der Waals surface area contributed by atoms with Crippen molar-refractivity contribution < 1.29 is 19.4 Å². The first-order chi connectivity index (χ1) is 7.56. The molecule has 0 saturated carbocycles. The smallest absolute Gasteiger partial charge is 0.305 e. The number of methoxy groups -OCH3 is 1. The Morgan fingerprint density at radius 3 is 2.31 bits per heavy atom. The molecule has 94 valence electrons. The molecule has 0 unspecified atom stereocenters. The number of aliphatic carboxylic acids is 1. The molecule has 2 N–H and O–H groups in total. The van der Waals surface area contributed by atoms with Gasteiger partial charge in [-0.2, -0.15) is 0 Å². The Morgan fingerprint density at radius 1 is 1.38 bits per heavy atom. The number of hydrogen-bond donors (Lipinski definition) is 2. The van der Waals surface area contributed by atoms with Gasteiger partial charge in [-0.1, -0.05) is 0 Å². The summed E-state index contributed by atoms with van der Waals surface area (Å²) in [5, 5.41) is 10.7. The van der Waals surface area contributed by atoms with Gasteiger partial charge in [0.2, 0.25) is 0 Å². The van der Waals surface area contributed by atoms with Crippen molar-refractivity contribution in [3.05, 3.63) is 0 Å².